The topological polar surface area (TPSA) is 21.7 Å². The van der Waals surface area contributed by atoms with Crippen molar-refractivity contribution in [1.29, 1.82) is 0 Å². The molecule has 3 nitrogen and oxygen atoms in total. The Labute approximate surface area is 176 Å². The third kappa shape index (κ3) is 5.79. The van der Waals surface area contributed by atoms with Crippen molar-refractivity contribution in [2.75, 3.05) is 13.1 Å². The molecule has 0 aliphatic carbocycles. The smallest absolute Gasteiger partial charge is 0.192 e. The standard InChI is InChI=1S/C23H43NO2Si2/c1-22(2,3)27(7,8)25-20-17-24(16-19-14-12-11-13-15-19)18-21(20)26-28(9,10)23(4,5)6/h11-15,20-21H,16-18H2,1-10H3/t20-,21-/m0/s1. The lowest BCUT2D eigenvalue weighted by atomic mass is 10.2. The Morgan fingerprint density at radius 2 is 1.18 bits per heavy atom. The van der Waals surface area contributed by atoms with Gasteiger partial charge in [0.25, 0.3) is 0 Å². The Bertz CT molecular complexity index is 596. The number of hydrogen-bond donors (Lipinski definition) is 0. The van der Waals surface area contributed by atoms with Gasteiger partial charge in [-0.05, 0) is 41.8 Å². The predicted octanol–water partition coefficient (Wildman–Crippen LogP) is 6.28. The summed E-state index contributed by atoms with van der Waals surface area (Å²) >= 11 is 0. The molecule has 1 heterocycles. The van der Waals surface area contributed by atoms with Gasteiger partial charge in [0.1, 0.15) is 0 Å². The number of nitrogens with zero attached hydrogens (tertiary/aromatic N) is 1. The highest BCUT2D eigenvalue weighted by atomic mass is 28.4. The SMILES string of the molecule is CC(C)(C)[Si](C)(C)O[C@H]1CN(Cc2ccccc2)C[C@@H]1O[Si](C)(C)C(C)(C)C. The molecule has 0 bridgehead atoms. The predicted molar refractivity (Wildman–Crippen MR) is 126 cm³/mol. The molecule has 0 N–H and O–H groups in total. The summed E-state index contributed by atoms with van der Waals surface area (Å²) in [5.41, 5.74) is 1.36. The third-order valence-electron chi connectivity index (χ3n) is 7.04. The summed E-state index contributed by atoms with van der Waals surface area (Å²) in [6, 6.07) is 10.8. The molecular weight excluding hydrogens is 378 g/mol. The molecule has 1 aliphatic heterocycles. The maximum Gasteiger partial charge on any atom is 0.192 e. The summed E-state index contributed by atoms with van der Waals surface area (Å²) in [6.45, 7) is 26.2. The zero-order valence-corrected chi connectivity index (χ0v) is 21.9. The first-order chi connectivity index (χ1) is 12.6. The lowest BCUT2D eigenvalue weighted by Crippen LogP contribution is -2.51. The van der Waals surface area contributed by atoms with Crippen molar-refractivity contribution in [3.63, 3.8) is 0 Å². The first kappa shape index (κ1) is 23.8. The molecule has 0 saturated carbocycles. The molecule has 0 amide bonds. The van der Waals surface area contributed by atoms with Crippen LogP contribution < -0.4 is 0 Å². The molecule has 2 rings (SSSR count). The van der Waals surface area contributed by atoms with Crippen molar-refractivity contribution in [3.05, 3.63) is 35.9 Å². The zero-order valence-electron chi connectivity index (χ0n) is 19.9. The van der Waals surface area contributed by atoms with Gasteiger partial charge in [-0.3, -0.25) is 4.90 Å². The Morgan fingerprint density at radius 3 is 1.54 bits per heavy atom. The van der Waals surface area contributed by atoms with E-state index in [1.54, 1.807) is 0 Å². The number of likely N-dealkylation sites (tertiary alicyclic amines) is 1. The molecule has 1 fully saturated rings. The van der Waals surface area contributed by atoms with Crippen molar-refractivity contribution >= 4 is 16.6 Å². The number of hydrogen-bond acceptors (Lipinski definition) is 3. The van der Waals surface area contributed by atoms with Crippen molar-refractivity contribution < 1.29 is 8.85 Å². The normalized spacial score (nSPS) is 22.6. The van der Waals surface area contributed by atoms with E-state index in [-0.39, 0.29) is 22.3 Å². The van der Waals surface area contributed by atoms with Gasteiger partial charge in [0.15, 0.2) is 16.6 Å². The van der Waals surface area contributed by atoms with E-state index >= 15 is 0 Å². The van der Waals surface area contributed by atoms with Crippen LogP contribution in [-0.2, 0) is 15.4 Å². The van der Waals surface area contributed by atoms with Gasteiger partial charge < -0.3 is 8.85 Å². The zero-order chi connectivity index (χ0) is 21.4. The average Bonchev–Trinajstić information content (AvgIpc) is 2.86. The lowest BCUT2D eigenvalue weighted by Gasteiger charge is -2.43. The van der Waals surface area contributed by atoms with E-state index < -0.39 is 16.6 Å². The fraction of sp³-hybridized carbons (Fsp3) is 0.739. The van der Waals surface area contributed by atoms with Crippen molar-refractivity contribution in [2.24, 2.45) is 0 Å². The lowest BCUT2D eigenvalue weighted by molar-refractivity contribution is 0.0713. The molecule has 28 heavy (non-hydrogen) atoms. The molecule has 1 saturated heterocycles. The van der Waals surface area contributed by atoms with Gasteiger partial charge in [0.2, 0.25) is 0 Å². The largest absolute Gasteiger partial charge is 0.410 e. The van der Waals surface area contributed by atoms with Crippen LogP contribution in [0.2, 0.25) is 36.3 Å². The van der Waals surface area contributed by atoms with Crippen LogP contribution in [0, 0.1) is 0 Å². The molecule has 160 valence electrons. The minimum atomic E-state index is -1.85. The van der Waals surface area contributed by atoms with Crippen LogP contribution in [0.4, 0.5) is 0 Å². The van der Waals surface area contributed by atoms with Crippen LogP contribution in [0.25, 0.3) is 0 Å². The van der Waals surface area contributed by atoms with E-state index in [2.05, 4.69) is 103 Å². The van der Waals surface area contributed by atoms with Crippen LogP contribution in [0.15, 0.2) is 30.3 Å². The van der Waals surface area contributed by atoms with Gasteiger partial charge in [0, 0.05) is 19.6 Å². The van der Waals surface area contributed by atoms with Crippen LogP contribution in [0.3, 0.4) is 0 Å². The Morgan fingerprint density at radius 1 is 0.786 bits per heavy atom. The molecule has 1 aromatic rings. The van der Waals surface area contributed by atoms with Crippen LogP contribution in [-0.4, -0.2) is 46.8 Å². The van der Waals surface area contributed by atoms with Gasteiger partial charge in [-0.25, -0.2) is 0 Å². The van der Waals surface area contributed by atoms with Gasteiger partial charge in [-0.1, -0.05) is 71.9 Å². The number of benzene rings is 1. The van der Waals surface area contributed by atoms with Crippen molar-refractivity contribution in [3.8, 4) is 0 Å². The van der Waals surface area contributed by atoms with Crippen LogP contribution in [0.1, 0.15) is 47.1 Å². The Balaban J connectivity index is 2.19. The maximum absolute atomic E-state index is 6.90. The van der Waals surface area contributed by atoms with E-state index in [9.17, 15) is 0 Å². The van der Waals surface area contributed by atoms with E-state index in [0.717, 1.165) is 19.6 Å². The van der Waals surface area contributed by atoms with Crippen molar-refractivity contribution in [1.82, 2.24) is 4.90 Å². The fourth-order valence-electron chi connectivity index (χ4n) is 3.13. The second kappa shape index (κ2) is 8.34. The van der Waals surface area contributed by atoms with E-state index in [1.807, 2.05) is 0 Å². The van der Waals surface area contributed by atoms with E-state index in [1.165, 1.54) is 5.56 Å². The molecule has 1 aliphatic rings. The highest BCUT2D eigenvalue weighted by molar-refractivity contribution is 6.74. The summed E-state index contributed by atoms with van der Waals surface area (Å²) in [7, 11) is -3.69. The van der Waals surface area contributed by atoms with E-state index in [4.69, 9.17) is 8.85 Å². The molecule has 0 aromatic heterocycles. The molecule has 5 heteroatoms. The Hall–Kier alpha value is -0.466. The summed E-state index contributed by atoms with van der Waals surface area (Å²) in [5, 5.41) is 0.419. The number of rotatable bonds is 6. The Kier molecular flexibility index (Phi) is 7.09. The second-order valence-corrected chi connectivity index (χ2v) is 21.0. The first-order valence-corrected chi connectivity index (χ1v) is 16.6. The quantitative estimate of drug-likeness (QED) is 0.504. The molecular formula is C23H43NO2Si2. The minimum Gasteiger partial charge on any atom is -0.410 e. The van der Waals surface area contributed by atoms with Crippen LogP contribution in [0.5, 0.6) is 0 Å². The second-order valence-electron chi connectivity index (χ2n) is 11.5. The monoisotopic (exact) mass is 421 g/mol. The first-order valence-electron chi connectivity index (χ1n) is 10.7. The fourth-order valence-corrected chi connectivity index (χ4v) is 5.80. The highest BCUT2D eigenvalue weighted by Crippen LogP contribution is 2.41. The van der Waals surface area contributed by atoms with E-state index in [0.29, 0.717) is 0 Å². The van der Waals surface area contributed by atoms with Crippen LogP contribution >= 0.6 is 0 Å². The van der Waals surface area contributed by atoms with Gasteiger partial charge in [-0.15, -0.1) is 0 Å². The molecule has 0 radical (unpaired) electrons. The highest BCUT2D eigenvalue weighted by Gasteiger charge is 2.47. The van der Waals surface area contributed by atoms with Gasteiger partial charge in [0.05, 0.1) is 12.2 Å². The molecule has 0 unspecified atom stereocenters. The minimum absolute atomic E-state index is 0.165. The summed E-state index contributed by atoms with van der Waals surface area (Å²) < 4.78 is 13.8. The van der Waals surface area contributed by atoms with Gasteiger partial charge >= 0.3 is 0 Å². The summed E-state index contributed by atoms with van der Waals surface area (Å²) in [6.07, 6.45) is 0.331. The summed E-state index contributed by atoms with van der Waals surface area (Å²) in [4.78, 5) is 2.52. The summed E-state index contributed by atoms with van der Waals surface area (Å²) in [5.74, 6) is 0. The van der Waals surface area contributed by atoms with Gasteiger partial charge in [-0.2, -0.15) is 0 Å². The molecule has 2 atom stereocenters. The molecule has 1 aromatic carbocycles. The van der Waals surface area contributed by atoms with Crippen molar-refractivity contribution in [2.45, 2.75) is 96.6 Å². The molecule has 0 spiro atoms. The third-order valence-corrected chi connectivity index (χ3v) is 16.1. The maximum atomic E-state index is 6.90. The average molecular weight is 422 g/mol.